The first kappa shape index (κ1) is 12.2. The second-order valence-corrected chi connectivity index (χ2v) is 3.97. The minimum atomic E-state index is -0.761. The predicted molar refractivity (Wildman–Crippen MR) is 60.5 cm³/mol. The van der Waals surface area contributed by atoms with Crippen molar-refractivity contribution in [3.8, 4) is 0 Å². The second-order valence-electron chi connectivity index (χ2n) is 3.97. The van der Waals surface area contributed by atoms with Crippen LogP contribution < -0.4 is 10.6 Å². The third-order valence-corrected chi connectivity index (χ3v) is 2.59. The fourth-order valence-electron chi connectivity index (χ4n) is 1.68. The Balaban J connectivity index is 1.99. The van der Waals surface area contributed by atoms with Crippen molar-refractivity contribution in [1.82, 2.24) is 10.6 Å². The lowest BCUT2D eigenvalue weighted by Crippen LogP contribution is -2.53. The summed E-state index contributed by atoms with van der Waals surface area (Å²) in [6.45, 7) is 0. The van der Waals surface area contributed by atoms with Crippen LogP contribution in [0.5, 0.6) is 0 Å². The minimum Gasteiger partial charge on any atom is -0.339 e. The molecule has 2 aliphatic heterocycles. The van der Waals surface area contributed by atoms with Crippen molar-refractivity contribution in [1.29, 1.82) is 0 Å². The zero-order valence-corrected chi connectivity index (χ0v) is 9.43. The molecular formula is C11H11N3O4. The van der Waals surface area contributed by atoms with Gasteiger partial charge in [-0.15, -0.1) is 0 Å². The molecule has 2 N–H and O–H groups in total. The van der Waals surface area contributed by atoms with Gasteiger partial charge in [-0.05, 0) is 12.5 Å². The summed E-state index contributed by atoms with van der Waals surface area (Å²) in [6, 6.07) is -0.761. The number of imide groups is 1. The second kappa shape index (κ2) is 4.91. The molecule has 7 heteroatoms. The standard InChI is InChI=1S/C11H11N3O4/c15-8-3-1-2-6(12-8)10(17)13-7-4-5-9(16)14-11(7)18/h1-2,7H,3-5H2,(H,13,17)(H,14,16,18). The highest BCUT2D eigenvalue weighted by molar-refractivity contribution is 6.45. The summed E-state index contributed by atoms with van der Waals surface area (Å²) in [4.78, 5) is 48.7. The van der Waals surface area contributed by atoms with Crippen molar-refractivity contribution in [2.75, 3.05) is 0 Å². The molecule has 2 rings (SSSR count). The van der Waals surface area contributed by atoms with Crippen LogP contribution in [0.25, 0.3) is 0 Å². The van der Waals surface area contributed by atoms with Gasteiger partial charge in [-0.3, -0.25) is 24.5 Å². The van der Waals surface area contributed by atoms with Gasteiger partial charge < -0.3 is 5.32 Å². The van der Waals surface area contributed by atoms with Gasteiger partial charge in [-0.25, -0.2) is 4.99 Å². The molecule has 2 heterocycles. The van der Waals surface area contributed by atoms with E-state index in [0.29, 0.717) is 0 Å². The Labute approximate surface area is 102 Å². The summed E-state index contributed by atoms with van der Waals surface area (Å²) in [5, 5.41) is 4.57. The highest BCUT2D eigenvalue weighted by atomic mass is 16.2. The Kier molecular flexibility index (Phi) is 3.31. The molecule has 18 heavy (non-hydrogen) atoms. The van der Waals surface area contributed by atoms with E-state index in [1.165, 1.54) is 12.2 Å². The number of nitrogens with one attached hydrogen (secondary N) is 2. The van der Waals surface area contributed by atoms with Gasteiger partial charge in [0.2, 0.25) is 17.7 Å². The number of hydrogen-bond acceptors (Lipinski definition) is 4. The number of hydrogen-bond donors (Lipinski definition) is 2. The Hall–Kier alpha value is -2.31. The SMILES string of the molecule is O=C1CC=CC(C(=O)NC2CCC(=O)NC2=O)=N1. The summed E-state index contributed by atoms with van der Waals surface area (Å²) >= 11 is 0. The molecule has 94 valence electrons. The Bertz CT molecular complexity index is 493. The molecule has 0 aromatic heterocycles. The van der Waals surface area contributed by atoms with Gasteiger partial charge in [0.25, 0.3) is 5.91 Å². The van der Waals surface area contributed by atoms with Gasteiger partial charge >= 0.3 is 0 Å². The maximum atomic E-state index is 11.7. The molecular weight excluding hydrogens is 238 g/mol. The van der Waals surface area contributed by atoms with Crippen molar-refractivity contribution in [2.45, 2.75) is 25.3 Å². The van der Waals surface area contributed by atoms with E-state index in [9.17, 15) is 19.2 Å². The summed E-state index contributed by atoms with van der Waals surface area (Å²) in [5.74, 6) is -1.87. The molecule has 1 fully saturated rings. The molecule has 1 atom stereocenters. The predicted octanol–water partition coefficient (Wildman–Crippen LogP) is -1.16. The number of amides is 4. The van der Waals surface area contributed by atoms with Crippen LogP contribution in [0.15, 0.2) is 17.1 Å². The van der Waals surface area contributed by atoms with Gasteiger partial charge in [0, 0.05) is 12.8 Å². The van der Waals surface area contributed by atoms with Crippen molar-refractivity contribution < 1.29 is 19.2 Å². The molecule has 1 saturated heterocycles. The molecule has 4 amide bonds. The Morgan fingerprint density at radius 1 is 1.39 bits per heavy atom. The molecule has 7 nitrogen and oxygen atoms in total. The van der Waals surface area contributed by atoms with Crippen molar-refractivity contribution in [3.05, 3.63) is 12.2 Å². The Morgan fingerprint density at radius 3 is 2.83 bits per heavy atom. The van der Waals surface area contributed by atoms with Gasteiger partial charge in [0.1, 0.15) is 11.8 Å². The number of carbonyl (C=O) groups is 4. The minimum absolute atomic E-state index is 0.0176. The van der Waals surface area contributed by atoms with Crippen molar-refractivity contribution >= 4 is 29.3 Å². The zero-order valence-electron chi connectivity index (χ0n) is 9.43. The largest absolute Gasteiger partial charge is 0.339 e. The van der Waals surface area contributed by atoms with Crippen LogP contribution >= 0.6 is 0 Å². The summed E-state index contributed by atoms with van der Waals surface area (Å²) in [5.41, 5.74) is -0.0176. The first-order valence-corrected chi connectivity index (χ1v) is 5.49. The maximum absolute atomic E-state index is 11.7. The molecule has 0 aromatic carbocycles. The highest BCUT2D eigenvalue weighted by Crippen LogP contribution is 2.05. The van der Waals surface area contributed by atoms with E-state index in [0.717, 1.165) is 0 Å². The van der Waals surface area contributed by atoms with Crippen molar-refractivity contribution in [2.24, 2.45) is 4.99 Å². The molecule has 0 spiro atoms. The first-order valence-electron chi connectivity index (χ1n) is 5.49. The quantitative estimate of drug-likeness (QED) is 0.602. The van der Waals surface area contributed by atoms with E-state index < -0.39 is 23.8 Å². The Morgan fingerprint density at radius 2 is 2.17 bits per heavy atom. The van der Waals surface area contributed by atoms with Crippen LogP contribution in [0, 0.1) is 0 Å². The van der Waals surface area contributed by atoms with Crippen LogP contribution in [0.3, 0.4) is 0 Å². The van der Waals surface area contributed by atoms with Gasteiger partial charge in [-0.1, -0.05) is 6.08 Å². The highest BCUT2D eigenvalue weighted by Gasteiger charge is 2.28. The summed E-state index contributed by atoms with van der Waals surface area (Å²) in [6.07, 6.45) is 3.58. The van der Waals surface area contributed by atoms with Gasteiger partial charge in [0.15, 0.2) is 0 Å². The molecule has 0 bridgehead atoms. The van der Waals surface area contributed by atoms with Crippen LogP contribution in [-0.4, -0.2) is 35.4 Å². The monoisotopic (exact) mass is 249 g/mol. The van der Waals surface area contributed by atoms with Crippen LogP contribution in [0.2, 0.25) is 0 Å². The van der Waals surface area contributed by atoms with E-state index in [4.69, 9.17) is 0 Å². The van der Waals surface area contributed by atoms with E-state index in [2.05, 4.69) is 15.6 Å². The number of carbonyl (C=O) groups excluding carboxylic acids is 4. The normalized spacial score (nSPS) is 23.4. The lowest BCUT2D eigenvalue weighted by molar-refractivity contribution is -0.136. The molecule has 0 aliphatic carbocycles. The zero-order chi connectivity index (χ0) is 13.1. The third kappa shape index (κ3) is 2.68. The smallest absolute Gasteiger partial charge is 0.270 e. The van der Waals surface area contributed by atoms with Crippen LogP contribution in [0.1, 0.15) is 19.3 Å². The third-order valence-electron chi connectivity index (χ3n) is 2.59. The van der Waals surface area contributed by atoms with Gasteiger partial charge in [-0.2, -0.15) is 0 Å². The molecule has 0 radical (unpaired) electrons. The molecule has 0 saturated carbocycles. The molecule has 1 unspecified atom stereocenters. The summed E-state index contributed by atoms with van der Waals surface area (Å²) in [7, 11) is 0. The number of piperidine rings is 1. The number of rotatable bonds is 2. The van der Waals surface area contributed by atoms with Crippen LogP contribution in [-0.2, 0) is 19.2 Å². The lowest BCUT2D eigenvalue weighted by atomic mass is 10.1. The fourth-order valence-corrected chi connectivity index (χ4v) is 1.68. The van der Waals surface area contributed by atoms with E-state index in [1.807, 2.05) is 0 Å². The number of dihydropyridines is 1. The molecule has 0 aromatic rings. The van der Waals surface area contributed by atoms with E-state index in [1.54, 1.807) is 0 Å². The van der Waals surface area contributed by atoms with E-state index in [-0.39, 0.29) is 30.9 Å². The number of aliphatic imine (C=N–C) groups is 1. The fraction of sp³-hybridized carbons (Fsp3) is 0.364. The first-order chi connectivity index (χ1) is 8.56. The topological polar surface area (TPSA) is 105 Å². The summed E-state index contributed by atoms with van der Waals surface area (Å²) < 4.78 is 0. The van der Waals surface area contributed by atoms with Crippen LogP contribution in [0.4, 0.5) is 0 Å². The number of nitrogens with zero attached hydrogens (tertiary/aromatic N) is 1. The van der Waals surface area contributed by atoms with Gasteiger partial charge in [0.05, 0.1) is 0 Å². The lowest BCUT2D eigenvalue weighted by Gasteiger charge is -2.21. The van der Waals surface area contributed by atoms with E-state index >= 15 is 0 Å². The average Bonchev–Trinajstić information content (AvgIpc) is 2.32. The average molecular weight is 249 g/mol. The molecule has 2 aliphatic rings. The van der Waals surface area contributed by atoms with Crippen molar-refractivity contribution in [3.63, 3.8) is 0 Å². The maximum Gasteiger partial charge on any atom is 0.270 e.